The number of carbonyl (C=O) groups excluding carboxylic acids is 1. The highest BCUT2D eigenvalue weighted by Crippen LogP contribution is 2.10. The van der Waals surface area contributed by atoms with Crippen LogP contribution in [0.5, 0.6) is 0 Å². The van der Waals surface area contributed by atoms with Crippen molar-refractivity contribution in [2.45, 2.75) is 19.4 Å². The fourth-order valence-electron chi connectivity index (χ4n) is 1.81. The van der Waals surface area contributed by atoms with Crippen molar-refractivity contribution in [3.63, 3.8) is 0 Å². The van der Waals surface area contributed by atoms with Crippen LogP contribution in [-0.2, 0) is 11.2 Å². The second kappa shape index (κ2) is 8.17. The molecular weight excluding hydrogens is 276 g/mol. The Bertz CT molecular complexity index is 423. The average Bonchev–Trinajstić information content (AvgIpc) is 2.36. The molecule has 104 valence electrons. The summed E-state index contributed by atoms with van der Waals surface area (Å²) in [5, 5.41) is 2.96. The summed E-state index contributed by atoms with van der Waals surface area (Å²) < 4.78 is 0. The van der Waals surface area contributed by atoms with Crippen molar-refractivity contribution >= 4 is 34.9 Å². The van der Waals surface area contributed by atoms with Crippen LogP contribution in [0.2, 0.25) is 0 Å². The van der Waals surface area contributed by atoms with Crippen molar-refractivity contribution in [1.82, 2.24) is 5.32 Å². The summed E-state index contributed by atoms with van der Waals surface area (Å²) in [6.45, 7) is 1.98. The van der Waals surface area contributed by atoms with Gasteiger partial charge in [-0.1, -0.05) is 42.5 Å². The lowest BCUT2D eigenvalue weighted by atomic mass is 9.98. The maximum atomic E-state index is 12.2. The van der Waals surface area contributed by atoms with Gasteiger partial charge in [-0.2, -0.15) is 11.8 Å². The molecule has 1 aromatic rings. The number of amides is 1. The number of hydrogen-bond donors (Lipinski definition) is 2. The fraction of sp³-hybridized carbons (Fsp3) is 0.429. The molecule has 1 amide bonds. The normalized spacial score (nSPS) is 13.6. The Morgan fingerprint density at radius 3 is 2.58 bits per heavy atom. The van der Waals surface area contributed by atoms with E-state index in [1.807, 2.05) is 43.5 Å². The van der Waals surface area contributed by atoms with E-state index in [4.69, 9.17) is 18.0 Å². The van der Waals surface area contributed by atoms with Gasteiger partial charge < -0.3 is 11.1 Å². The first-order valence-corrected chi connectivity index (χ1v) is 7.97. The zero-order valence-corrected chi connectivity index (χ0v) is 12.9. The van der Waals surface area contributed by atoms with Gasteiger partial charge in [0.2, 0.25) is 5.91 Å². The highest BCUT2D eigenvalue weighted by atomic mass is 32.2. The molecule has 1 rings (SSSR count). The molecule has 3 nitrogen and oxygen atoms in total. The van der Waals surface area contributed by atoms with Crippen molar-refractivity contribution < 1.29 is 4.79 Å². The molecule has 0 fully saturated rings. The van der Waals surface area contributed by atoms with Gasteiger partial charge in [0.25, 0.3) is 0 Å². The van der Waals surface area contributed by atoms with E-state index < -0.39 is 5.92 Å². The minimum Gasteiger partial charge on any atom is -0.393 e. The Morgan fingerprint density at radius 1 is 1.42 bits per heavy atom. The lowest BCUT2D eigenvalue weighted by Gasteiger charge is -2.19. The van der Waals surface area contributed by atoms with Crippen molar-refractivity contribution in [2.75, 3.05) is 12.0 Å². The number of benzene rings is 1. The molecule has 0 aliphatic rings. The number of nitrogens with two attached hydrogens (primary N) is 1. The van der Waals surface area contributed by atoms with E-state index in [1.54, 1.807) is 11.8 Å². The highest BCUT2D eigenvalue weighted by Gasteiger charge is 2.22. The molecule has 5 heteroatoms. The summed E-state index contributed by atoms with van der Waals surface area (Å²) in [4.78, 5) is 12.4. The third-order valence-corrected chi connectivity index (χ3v) is 3.87. The summed E-state index contributed by atoms with van der Waals surface area (Å²) in [5.41, 5.74) is 6.76. The van der Waals surface area contributed by atoms with Crippen LogP contribution in [0.15, 0.2) is 30.3 Å². The number of thiocarbonyl (C=S) groups is 1. The fourth-order valence-corrected chi connectivity index (χ4v) is 2.58. The van der Waals surface area contributed by atoms with Crippen LogP contribution >= 0.6 is 24.0 Å². The zero-order chi connectivity index (χ0) is 14.3. The quantitative estimate of drug-likeness (QED) is 0.756. The van der Waals surface area contributed by atoms with Crippen molar-refractivity contribution in [3.8, 4) is 0 Å². The minimum atomic E-state index is -0.443. The zero-order valence-electron chi connectivity index (χ0n) is 11.3. The van der Waals surface area contributed by atoms with Crippen LogP contribution in [0.25, 0.3) is 0 Å². The molecule has 0 bridgehead atoms. The number of hydrogen-bond acceptors (Lipinski definition) is 3. The lowest BCUT2D eigenvalue weighted by molar-refractivity contribution is -0.123. The van der Waals surface area contributed by atoms with Gasteiger partial charge in [0, 0.05) is 11.8 Å². The van der Waals surface area contributed by atoms with Crippen LogP contribution in [0.1, 0.15) is 12.5 Å². The largest absolute Gasteiger partial charge is 0.393 e. The first-order chi connectivity index (χ1) is 9.04. The molecule has 0 aliphatic carbocycles. The molecule has 0 aliphatic heterocycles. The van der Waals surface area contributed by atoms with Gasteiger partial charge in [-0.15, -0.1) is 0 Å². The van der Waals surface area contributed by atoms with E-state index >= 15 is 0 Å². The third-order valence-electron chi connectivity index (χ3n) is 2.75. The van der Waals surface area contributed by atoms with Gasteiger partial charge in [0.05, 0.1) is 10.9 Å². The van der Waals surface area contributed by atoms with Gasteiger partial charge in [-0.3, -0.25) is 4.79 Å². The van der Waals surface area contributed by atoms with E-state index in [1.165, 1.54) is 0 Å². The Kier molecular flexibility index (Phi) is 6.87. The molecule has 2 atom stereocenters. The van der Waals surface area contributed by atoms with Crippen LogP contribution in [0.3, 0.4) is 0 Å². The summed E-state index contributed by atoms with van der Waals surface area (Å²) in [6.07, 6.45) is 2.56. The van der Waals surface area contributed by atoms with Crippen LogP contribution in [0, 0.1) is 5.92 Å². The van der Waals surface area contributed by atoms with E-state index in [0.29, 0.717) is 6.42 Å². The summed E-state index contributed by atoms with van der Waals surface area (Å²) in [7, 11) is 0. The molecule has 0 radical (unpaired) electrons. The molecule has 0 aromatic heterocycles. The van der Waals surface area contributed by atoms with Crippen LogP contribution in [0.4, 0.5) is 0 Å². The van der Waals surface area contributed by atoms with E-state index in [-0.39, 0.29) is 16.9 Å². The van der Waals surface area contributed by atoms with Gasteiger partial charge in [-0.25, -0.2) is 0 Å². The molecule has 1 aromatic carbocycles. The molecular formula is C14H20N2OS2. The first-order valence-electron chi connectivity index (χ1n) is 6.17. The lowest BCUT2D eigenvalue weighted by Crippen LogP contribution is -2.43. The average molecular weight is 296 g/mol. The Morgan fingerprint density at radius 2 is 2.05 bits per heavy atom. The predicted molar refractivity (Wildman–Crippen MR) is 86.4 cm³/mol. The Hall–Kier alpha value is -1.07. The summed E-state index contributed by atoms with van der Waals surface area (Å²) >= 11 is 6.72. The molecule has 3 N–H and O–H groups in total. The third kappa shape index (κ3) is 5.61. The monoisotopic (exact) mass is 296 g/mol. The van der Waals surface area contributed by atoms with Crippen molar-refractivity contribution in [2.24, 2.45) is 11.7 Å². The second-order valence-electron chi connectivity index (χ2n) is 4.51. The number of thioether (sulfide) groups is 1. The van der Waals surface area contributed by atoms with Crippen LogP contribution < -0.4 is 11.1 Å². The minimum absolute atomic E-state index is 0.0853. The number of rotatable bonds is 7. The molecule has 0 saturated heterocycles. The topological polar surface area (TPSA) is 55.1 Å². The Balaban J connectivity index is 2.67. The van der Waals surface area contributed by atoms with E-state index in [0.717, 1.165) is 11.3 Å². The molecule has 0 saturated carbocycles. The van der Waals surface area contributed by atoms with Gasteiger partial charge >= 0.3 is 0 Å². The Labute approximate surface area is 124 Å². The van der Waals surface area contributed by atoms with E-state index in [9.17, 15) is 4.79 Å². The van der Waals surface area contributed by atoms with Gasteiger partial charge in [0.15, 0.2) is 0 Å². The van der Waals surface area contributed by atoms with Crippen molar-refractivity contribution in [1.29, 1.82) is 0 Å². The van der Waals surface area contributed by atoms with E-state index in [2.05, 4.69) is 5.32 Å². The smallest absolute Gasteiger partial charge is 0.230 e. The SMILES string of the molecule is CSCC(C)NC(=O)C(Cc1ccccc1)C(N)=S. The predicted octanol–water partition coefficient (Wildman–Crippen LogP) is 2.00. The highest BCUT2D eigenvalue weighted by molar-refractivity contribution is 7.98. The van der Waals surface area contributed by atoms with Crippen molar-refractivity contribution in [3.05, 3.63) is 35.9 Å². The summed E-state index contributed by atoms with van der Waals surface area (Å²) in [6, 6.07) is 9.91. The number of carbonyl (C=O) groups is 1. The maximum absolute atomic E-state index is 12.2. The number of nitrogens with one attached hydrogen (secondary N) is 1. The van der Waals surface area contributed by atoms with Gasteiger partial charge in [-0.05, 0) is 25.2 Å². The molecule has 0 heterocycles. The second-order valence-corrected chi connectivity index (χ2v) is 5.89. The molecule has 0 spiro atoms. The van der Waals surface area contributed by atoms with Crippen LogP contribution in [-0.4, -0.2) is 28.9 Å². The maximum Gasteiger partial charge on any atom is 0.230 e. The summed E-state index contributed by atoms with van der Waals surface area (Å²) in [5.74, 6) is 0.348. The molecule has 19 heavy (non-hydrogen) atoms. The first kappa shape index (κ1) is 16.0. The standard InChI is InChI=1S/C14H20N2OS2/c1-10(9-19-2)16-14(17)12(13(15)18)8-11-6-4-3-5-7-11/h3-7,10,12H,8-9H2,1-2H3,(H2,15,18)(H,16,17). The molecule has 2 unspecified atom stereocenters. The van der Waals surface area contributed by atoms with Gasteiger partial charge in [0.1, 0.15) is 0 Å².